The molecule has 2 aromatic carbocycles. The summed E-state index contributed by atoms with van der Waals surface area (Å²) in [5.74, 6) is 0.118. The van der Waals surface area contributed by atoms with E-state index in [2.05, 4.69) is 16.4 Å². The fourth-order valence-corrected chi connectivity index (χ4v) is 4.31. The second kappa shape index (κ2) is 8.57. The number of thiazole rings is 1. The van der Waals surface area contributed by atoms with Crippen molar-refractivity contribution in [1.29, 1.82) is 0 Å². The largest absolute Gasteiger partial charge is 0.312 e. The van der Waals surface area contributed by atoms with E-state index >= 15 is 0 Å². The van der Waals surface area contributed by atoms with Gasteiger partial charge in [-0.2, -0.15) is 0 Å². The number of nitrogens with one attached hydrogen (secondary N) is 1. The van der Waals surface area contributed by atoms with E-state index in [4.69, 9.17) is 0 Å². The molecule has 0 fully saturated rings. The predicted octanol–water partition coefficient (Wildman–Crippen LogP) is 4.68. The molecular weight excluding hydrogens is 382 g/mol. The fourth-order valence-electron chi connectivity index (χ4n) is 3.58. The molecule has 6 heteroatoms. The van der Waals surface area contributed by atoms with Crippen LogP contribution < -0.4 is 10.2 Å². The number of hydrogen-bond acceptors (Lipinski definition) is 4. The second-order valence-corrected chi connectivity index (χ2v) is 8.00. The molecule has 0 radical (unpaired) electrons. The van der Waals surface area contributed by atoms with Crippen molar-refractivity contribution in [3.8, 4) is 11.3 Å². The van der Waals surface area contributed by atoms with Crippen molar-refractivity contribution in [1.82, 2.24) is 4.98 Å². The zero-order chi connectivity index (χ0) is 20.2. The number of carbonyl (C=O) groups excluding carboxylic acids is 2. The minimum atomic E-state index is -0.0730. The quantitative estimate of drug-likeness (QED) is 0.648. The highest BCUT2D eigenvalue weighted by Gasteiger charge is 2.24. The number of amides is 2. The van der Waals surface area contributed by atoms with Crippen LogP contribution in [-0.2, 0) is 22.4 Å². The summed E-state index contributed by atoms with van der Waals surface area (Å²) in [6, 6.07) is 15.8. The van der Waals surface area contributed by atoms with E-state index in [1.54, 1.807) is 0 Å². The number of fused-ring (bicyclic) bond motifs is 1. The summed E-state index contributed by atoms with van der Waals surface area (Å²) >= 11 is 1.42. The van der Waals surface area contributed by atoms with E-state index in [0.29, 0.717) is 18.0 Å². The average Bonchev–Trinajstić information content (AvgIpc) is 3.35. The van der Waals surface area contributed by atoms with Crippen LogP contribution in [0.15, 0.2) is 53.9 Å². The molecule has 1 aromatic heterocycles. The molecule has 0 atom stereocenters. The van der Waals surface area contributed by atoms with Crippen molar-refractivity contribution in [3.63, 3.8) is 0 Å². The van der Waals surface area contributed by atoms with Crippen LogP contribution in [0.1, 0.15) is 30.9 Å². The molecule has 0 saturated carbocycles. The standard InChI is InChI=1S/C23H23N3O2S/c1-2-6-22(28)26-12-11-18-14-17(9-10-20(18)26)19-15-29-23(24-19)25-21(27)13-16-7-4-3-5-8-16/h3-5,7-10,14-15H,2,6,11-13H2,1H3,(H,24,25,27). The molecule has 2 amide bonds. The lowest BCUT2D eigenvalue weighted by atomic mass is 10.1. The summed E-state index contributed by atoms with van der Waals surface area (Å²) in [5, 5.41) is 5.44. The Kier molecular flexibility index (Phi) is 5.71. The van der Waals surface area contributed by atoms with Crippen molar-refractivity contribution in [2.45, 2.75) is 32.6 Å². The van der Waals surface area contributed by atoms with E-state index in [-0.39, 0.29) is 11.8 Å². The van der Waals surface area contributed by atoms with Crippen molar-refractivity contribution < 1.29 is 9.59 Å². The lowest BCUT2D eigenvalue weighted by molar-refractivity contribution is -0.118. The predicted molar refractivity (Wildman–Crippen MR) is 117 cm³/mol. The number of anilines is 2. The molecule has 0 unspecified atom stereocenters. The second-order valence-electron chi connectivity index (χ2n) is 7.14. The average molecular weight is 406 g/mol. The summed E-state index contributed by atoms with van der Waals surface area (Å²) in [7, 11) is 0. The maximum Gasteiger partial charge on any atom is 0.230 e. The summed E-state index contributed by atoms with van der Waals surface area (Å²) in [4.78, 5) is 31.0. The third-order valence-electron chi connectivity index (χ3n) is 4.99. The topological polar surface area (TPSA) is 62.3 Å². The van der Waals surface area contributed by atoms with Crippen molar-refractivity contribution in [3.05, 3.63) is 65.0 Å². The van der Waals surface area contributed by atoms with E-state index in [1.165, 1.54) is 16.9 Å². The number of rotatable bonds is 6. The molecule has 2 heterocycles. The third kappa shape index (κ3) is 4.38. The molecule has 1 aliphatic rings. The van der Waals surface area contributed by atoms with Gasteiger partial charge in [-0.15, -0.1) is 11.3 Å². The lowest BCUT2D eigenvalue weighted by Gasteiger charge is -2.17. The number of benzene rings is 2. The smallest absolute Gasteiger partial charge is 0.230 e. The molecule has 148 valence electrons. The van der Waals surface area contributed by atoms with Crippen molar-refractivity contribution >= 4 is 34.0 Å². The van der Waals surface area contributed by atoms with Crippen LogP contribution in [0, 0.1) is 0 Å². The van der Waals surface area contributed by atoms with Gasteiger partial charge in [-0.05, 0) is 36.1 Å². The molecule has 29 heavy (non-hydrogen) atoms. The van der Waals surface area contributed by atoms with E-state index < -0.39 is 0 Å². The van der Waals surface area contributed by atoms with Gasteiger partial charge in [0.25, 0.3) is 0 Å². The molecule has 3 aromatic rings. The number of aromatic nitrogens is 1. The van der Waals surface area contributed by atoms with Gasteiger partial charge >= 0.3 is 0 Å². The van der Waals surface area contributed by atoms with Gasteiger partial charge in [-0.25, -0.2) is 4.98 Å². The molecule has 5 nitrogen and oxygen atoms in total. The Morgan fingerprint density at radius 1 is 1.17 bits per heavy atom. The first-order chi connectivity index (χ1) is 14.1. The van der Waals surface area contributed by atoms with Gasteiger partial charge in [-0.3, -0.25) is 9.59 Å². The summed E-state index contributed by atoms with van der Waals surface area (Å²) in [5.41, 5.74) is 5.01. The number of hydrogen-bond donors (Lipinski definition) is 1. The Balaban J connectivity index is 1.45. The minimum Gasteiger partial charge on any atom is -0.312 e. The van der Waals surface area contributed by atoms with Gasteiger partial charge < -0.3 is 10.2 Å². The van der Waals surface area contributed by atoms with Gasteiger partial charge in [0.05, 0.1) is 12.1 Å². The van der Waals surface area contributed by atoms with Crippen LogP contribution in [0.3, 0.4) is 0 Å². The maximum atomic E-state index is 12.3. The summed E-state index contributed by atoms with van der Waals surface area (Å²) in [6.07, 6.45) is 2.64. The Morgan fingerprint density at radius 2 is 2.00 bits per heavy atom. The van der Waals surface area contributed by atoms with Crippen LogP contribution in [0.2, 0.25) is 0 Å². The third-order valence-corrected chi connectivity index (χ3v) is 5.75. The van der Waals surface area contributed by atoms with Gasteiger partial charge in [0, 0.05) is 29.6 Å². The minimum absolute atomic E-state index is 0.0730. The van der Waals surface area contributed by atoms with Gasteiger partial charge in [0.1, 0.15) is 0 Å². The van der Waals surface area contributed by atoms with Crippen molar-refractivity contribution in [2.24, 2.45) is 0 Å². The molecule has 1 N–H and O–H groups in total. The first-order valence-electron chi connectivity index (χ1n) is 9.87. The SMILES string of the molecule is CCCC(=O)N1CCc2cc(-c3csc(NC(=O)Cc4ccccc4)n3)ccc21. The highest BCUT2D eigenvalue weighted by atomic mass is 32.1. The molecule has 4 rings (SSSR count). The van der Waals surface area contributed by atoms with Gasteiger partial charge in [0.2, 0.25) is 11.8 Å². The van der Waals surface area contributed by atoms with Gasteiger partial charge in [0.15, 0.2) is 5.13 Å². The van der Waals surface area contributed by atoms with Crippen LogP contribution in [0.25, 0.3) is 11.3 Å². The molecule has 0 spiro atoms. The van der Waals surface area contributed by atoms with Crippen LogP contribution >= 0.6 is 11.3 Å². The molecule has 0 aliphatic carbocycles. The highest BCUT2D eigenvalue weighted by Crippen LogP contribution is 2.33. The first kappa shape index (κ1) is 19.3. The van der Waals surface area contributed by atoms with Crippen LogP contribution in [0.4, 0.5) is 10.8 Å². The summed E-state index contributed by atoms with van der Waals surface area (Å²) in [6.45, 7) is 2.77. The van der Waals surface area contributed by atoms with E-state index in [0.717, 1.165) is 41.9 Å². The monoisotopic (exact) mass is 405 g/mol. The normalized spacial score (nSPS) is 12.7. The zero-order valence-electron chi connectivity index (χ0n) is 16.4. The fraction of sp³-hybridized carbons (Fsp3) is 0.261. The molecular formula is C23H23N3O2S. The number of nitrogens with zero attached hydrogens (tertiary/aromatic N) is 2. The number of carbonyl (C=O) groups is 2. The van der Waals surface area contributed by atoms with E-state index in [9.17, 15) is 9.59 Å². The van der Waals surface area contributed by atoms with Crippen LogP contribution in [-0.4, -0.2) is 23.3 Å². The lowest BCUT2D eigenvalue weighted by Crippen LogP contribution is -2.28. The Bertz CT molecular complexity index is 1030. The van der Waals surface area contributed by atoms with Gasteiger partial charge in [-0.1, -0.05) is 43.3 Å². The highest BCUT2D eigenvalue weighted by molar-refractivity contribution is 7.14. The Labute approximate surface area is 174 Å². The molecule has 0 saturated heterocycles. The Hall–Kier alpha value is -2.99. The maximum absolute atomic E-state index is 12.3. The first-order valence-corrected chi connectivity index (χ1v) is 10.7. The van der Waals surface area contributed by atoms with Crippen molar-refractivity contribution in [2.75, 3.05) is 16.8 Å². The Morgan fingerprint density at radius 3 is 2.79 bits per heavy atom. The molecule has 0 bridgehead atoms. The zero-order valence-corrected chi connectivity index (χ0v) is 17.2. The summed E-state index contributed by atoms with van der Waals surface area (Å²) < 4.78 is 0. The molecule has 1 aliphatic heterocycles. The van der Waals surface area contributed by atoms with E-state index in [1.807, 2.05) is 59.7 Å². The van der Waals surface area contributed by atoms with Crippen LogP contribution in [0.5, 0.6) is 0 Å².